The van der Waals surface area contributed by atoms with E-state index in [1.165, 1.54) is 12.8 Å². The van der Waals surface area contributed by atoms with E-state index in [9.17, 15) is 4.79 Å². The topological polar surface area (TPSA) is 70.1 Å². The molecule has 0 amide bonds. The quantitative estimate of drug-likeness (QED) is 0.685. The highest BCUT2D eigenvalue weighted by atomic mass is 16.5. The predicted molar refractivity (Wildman–Crippen MR) is 75.9 cm³/mol. The maximum absolute atomic E-state index is 11.8. The van der Waals surface area contributed by atoms with Crippen LogP contribution in [0.4, 0.5) is 5.69 Å². The van der Waals surface area contributed by atoms with Gasteiger partial charge in [-0.3, -0.25) is 0 Å². The number of hydrogen-bond acceptors (Lipinski definition) is 4. The summed E-state index contributed by atoms with van der Waals surface area (Å²) >= 11 is 0. The fourth-order valence-electron chi connectivity index (χ4n) is 2.15. The van der Waals surface area contributed by atoms with Crippen molar-refractivity contribution in [2.45, 2.75) is 25.7 Å². The summed E-state index contributed by atoms with van der Waals surface area (Å²) in [5.41, 5.74) is 8.86. The molecule has 20 heavy (non-hydrogen) atoms. The second-order valence-electron chi connectivity index (χ2n) is 4.95. The van der Waals surface area contributed by atoms with Crippen LogP contribution >= 0.6 is 0 Å². The number of ether oxygens (including phenoxy) is 1. The number of aromatic nitrogens is 2. The van der Waals surface area contributed by atoms with Crippen molar-refractivity contribution in [2.24, 2.45) is 0 Å². The normalized spacial score (nSPS) is 14.2. The molecule has 0 unspecified atom stereocenters. The first-order valence-corrected chi connectivity index (χ1v) is 6.81. The van der Waals surface area contributed by atoms with Gasteiger partial charge in [0.15, 0.2) is 0 Å². The zero-order valence-electron chi connectivity index (χ0n) is 11.4. The molecular weight excluding hydrogens is 254 g/mol. The number of esters is 1. The highest BCUT2D eigenvalue weighted by Crippen LogP contribution is 2.39. The Morgan fingerprint density at radius 1 is 1.45 bits per heavy atom. The molecule has 0 spiro atoms. The fourth-order valence-corrected chi connectivity index (χ4v) is 2.15. The molecule has 0 atom stereocenters. The molecule has 1 saturated carbocycles. The largest absolute Gasteiger partial charge is 0.462 e. The third kappa shape index (κ3) is 2.39. The van der Waals surface area contributed by atoms with Crippen molar-refractivity contribution in [3.8, 4) is 5.69 Å². The highest BCUT2D eigenvalue weighted by molar-refractivity contribution is 5.91. The van der Waals surface area contributed by atoms with E-state index in [1.807, 2.05) is 12.3 Å². The highest BCUT2D eigenvalue weighted by Gasteiger charge is 2.26. The number of anilines is 1. The summed E-state index contributed by atoms with van der Waals surface area (Å²) in [5.74, 6) is 0.244. The van der Waals surface area contributed by atoms with E-state index in [4.69, 9.17) is 10.5 Å². The number of benzene rings is 1. The zero-order chi connectivity index (χ0) is 14.1. The first kappa shape index (κ1) is 12.7. The molecule has 2 aromatic rings. The number of hydrogen-bond donors (Lipinski definition) is 1. The minimum Gasteiger partial charge on any atom is -0.462 e. The molecule has 0 saturated heterocycles. The van der Waals surface area contributed by atoms with Gasteiger partial charge < -0.3 is 10.5 Å². The number of nitrogens with two attached hydrogens (primary N) is 1. The van der Waals surface area contributed by atoms with Gasteiger partial charge in [0.05, 0.1) is 29.2 Å². The number of nitrogens with zero attached hydrogens (tertiary/aromatic N) is 2. The van der Waals surface area contributed by atoms with Crippen molar-refractivity contribution in [1.29, 1.82) is 0 Å². The van der Waals surface area contributed by atoms with E-state index in [-0.39, 0.29) is 5.97 Å². The second kappa shape index (κ2) is 5.00. The third-order valence-corrected chi connectivity index (χ3v) is 3.39. The molecule has 1 fully saturated rings. The minimum atomic E-state index is -0.344. The number of nitrogen functional groups attached to an aromatic ring is 1. The molecule has 2 N–H and O–H groups in total. The fraction of sp³-hybridized carbons (Fsp3) is 0.333. The summed E-state index contributed by atoms with van der Waals surface area (Å²) in [6, 6.07) is 7.10. The second-order valence-corrected chi connectivity index (χ2v) is 4.95. The van der Waals surface area contributed by atoms with Crippen LogP contribution < -0.4 is 5.73 Å². The van der Waals surface area contributed by atoms with Crippen molar-refractivity contribution >= 4 is 11.7 Å². The monoisotopic (exact) mass is 271 g/mol. The standard InChI is InChI=1S/C15H17N3O2/c1-2-20-15(19)11-5-6-12(16)14(9-11)18-8-7-13(17-18)10-3-4-10/h5-10H,2-4,16H2,1H3. The Labute approximate surface area is 117 Å². The van der Waals surface area contributed by atoms with Crippen molar-refractivity contribution in [3.05, 3.63) is 41.7 Å². The summed E-state index contributed by atoms with van der Waals surface area (Å²) in [6.45, 7) is 2.14. The van der Waals surface area contributed by atoms with Gasteiger partial charge in [-0.1, -0.05) is 0 Å². The smallest absolute Gasteiger partial charge is 0.338 e. The van der Waals surface area contributed by atoms with Crippen LogP contribution in [0.15, 0.2) is 30.5 Å². The van der Waals surface area contributed by atoms with E-state index in [0.29, 0.717) is 29.5 Å². The molecule has 5 heteroatoms. The number of carbonyl (C=O) groups excluding carboxylic acids is 1. The molecule has 5 nitrogen and oxygen atoms in total. The Bertz CT molecular complexity index is 644. The Kier molecular flexibility index (Phi) is 3.18. The van der Waals surface area contributed by atoms with Gasteiger partial charge in [0.1, 0.15) is 0 Å². The van der Waals surface area contributed by atoms with Gasteiger partial charge in [0, 0.05) is 12.1 Å². The third-order valence-electron chi connectivity index (χ3n) is 3.39. The predicted octanol–water partition coefficient (Wildman–Crippen LogP) is 2.51. The molecule has 1 heterocycles. The van der Waals surface area contributed by atoms with Crippen LogP contribution in [0, 0.1) is 0 Å². The van der Waals surface area contributed by atoms with E-state index in [1.54, 1.807) is 29.8 Å². The Hall–Kier alpha value is -2.30. The summed E-state index contributed by atoms with van der Waals surface area (Å²) in [5, 5.41) is 4.53. The molecule has 1 aromatic carbocycles. The number of carbonyl (C=O) groups is 1. The van der Waals surface area contributed by atoms with Gasteiger partial charge in [0.2, 0.25) is 0 Å². The lowest BCUT2D eigenvalue weighted by Gasteiger charge is -2.08. The summed E-state index contributed by atoms with van der Waals surface area (Å²) in [6.07, 6.45) is 4.29. The Morgan fingerprint density at radius 2 is 2.25 bits per heavy atom. The molecule has 1 aliphatic rings. The average molecular weight is 271 g/mol. The average Bonchev–Trinajstić information content (AvgIpc) is 3.18. The lowest BCUT2D eigenvalue weighted by Crippen LogP contribution is -2.08. The molecule has 0 bridgehead atoms. The van der Waals surface area contributed by atoms with Gasteiger partial charge in [0.25, 0.3) is 0 Å². The van der Waals surface area contributed by atoms with Crippen molar-refractivity contribution in [1.82, 2.24) is 9.78 Å². The molecule has 1 aliphatic carbocycles. The van der Waals surface area contributed by atoms with Crippen molar-refractivity contribution in [2.75, 3.05) is 12.3 Å². The van der Waals surface area contributed by atoms with Crippen molar-refractivity contribution in [3.63, 3.8) is 0 Å². The molecule has 3 rings (SSSR count). The maximum atomic E-state index is 11.8. The van der Waals surface area contributed by atoms with Gasteiger partial charge in [-0.2, -0.15) is 5.10 Å². The Balaban J connectivity index is 1.94. The minimum absolute atomic E-state index is 0.344. The molecule has 1 aromatic heterocycles. The number of rotatable bonds is 4. The van der Waals surface area contributed by atoms with Gasteiger partial charge in [-0.05, 0) is 44.0 Å². The van der Waals surface area contributed by atoms with E-state index < -0.39 is 0 Å². The van der Waals surface area contributed by atoms with Gasteiger partial charge in [-0.25, -0.2) is 9.48 Å². The molecule has 0 radical (unpaired) electrons. The van der Waals surface area contributed by atoms with E-state index in [2.05, 4.69) is 5.10 Å². The molecular formula is C15H17N3O2. The summed E-state index contributed by atoms with van der Waals surface area (Å²) in [4.78, 5) is 11.8. The molecule has 104 valence electrons. The van der Waals surface area contributed by atoms with Gasteiger partial charge in [-0.15, -0.1) is 0 Å². The van der Waals surface area contributed by atoms with Crippen LogP contribution in [-0.4, -0.2) is 22.4 Å². The van der Waals surface area contributed by atoms with Crippen LogP contribution in [0.5, 0.6) is 0 Å². The van der Waals surface area contributed by atoms with Crippen LogP contribution in [0.3, 0.4) is 0 Å². The summed E-state index contributed by atoms with van der Waals surface area (Å²) < 4.78 is 6.73. The van der Waals surface area contributed by atoms with Gasteiger partial charge >= 0.3 is 5.97 Å². The van der Waals surface area contributed by atoms with E-state index >= 15 is 0 Å². The first-order chi connectivity index (χ1) is 9.69. The Morgan fingerprint density at radius 3 is 2.95 bits per heavy atom. The lowest BCUT2D eigenvalue weighted by molar-refractivity contribution is 0.0526. The zero-order valence-corrected chi connectivity index (χ0v) is 11.4. The van der Waals surface area contributed by atoms with E-state index in [0.717, 1.165) is 5.69 Å². The first-order valence-electron chi connectivity index (χ1n) is 6.81. The summed E-state index contributed by atoms with van der Waals surface area (Å²) in [7, 11) is 0. The SMILES string of the molecule is CCOC(=O)c1ccc(N)c(-n2ccc(C3CC3)n2)c1. The molecule has 0 aliphatic heterocycles. The van der Waals surface area contributed by atoms with Crippen LogP contribution in [0.2, 0.25) is 0 Å². The van der Waals surface area contributed by atoms with Crippen LogP contribution in [-0.2, 0) is 4.74 Å². The van der Waals surface area contributed by atoms with Crippen LogP contribution in [0.25, 0.3) is 5.69 Å². The maximum Gasteiger partial charge on any atom is 0.338 e. The van der Waals surface area contributed by atoms with Crippen molar-refractivity contribution < 1.29 is 9.53 Å². The lowest BCUT2D eigenvalue weighted by atomic mass is 10.2. The van der Waals surface area contributed by atoms with Crippen LogP contribution in [0.1, 0.15) is 41.7 Å².